The predicted octanol–water partition coefficient (Wildman–Crippen LogP) is 4.10. The molecule has 136 valence electrons. The lowest BCUT2D eigenvalue weighted by molar-refractivity contribution is 0.102. The van der Waals surface area contributed by atoms with Crippen LogP contribution < -0.4 is 10.1 Å². The van der Waals surface area contributed by atoms with Crippen LogP contribution >= 0.6 is 0 Å². The average Bonchev–Trinajstić information content (AvgIpc) is 3.24. The Morgan fingerprint density at radius 3 is 2.59 bits per heavy atom. The summed E-state index contributed by atoms with van der Waals surface area (Å²) in [6.07, 6.45) is 0. The number of nitrogens with one attached hydrogen (secondary N) is 2. The zero-order valence-electron chi connectivity index (χ0n) is 15.2. The molecule has 2 aromatic heterocycles. The highest BCUT2D eigenvalue weighted by Gasteiger charge is 2.19. The van der Waals surface area contributed by atoms with Crippen molar-refractivity contribution >= 4 is 22.6 Å². The summed E-state index contributed by atoms with van der Waals surface area (Å²) in [6, 6.07) is 12.8. The molecule has 0 radical (unpaired) electrons. The molecule has 0 fully saturated rings. The second kappa shape index (κ2) is 6.60. The maximum atomic E-state index is 12.8. The molecule has 4 aromatic rings. The van der Waals surface area contributed by atoms with Crippen LogP contribution in [-0.4, -0.2) is 28.2 Å². The van der Waals surface area contributed by atoms with Crippen molar-refractivity contribution in [3.8, 4) is 17.1 Å². The van der Waals surface area contributed by atoms with Gasteiger partial charge in [0.1, 0.15) is 22.9 Å². The lowest BCUT2D eigenvalue weighted by atomic mass is 10.1. The first-order valence-electron chi connectivity index (χ1n) is 8.43. The van der Waals surface area contributed by atoms with Gasteiger partial charge in [0, 0.05) is 16.6 Å². The number of furan rings is 1. The fourth-order valence-corrected chi connectivity index (χ4v) is 2.98. The third-order valence-electron chi connectivity index (χ3n) is 4.30. The van der Waals surface area contributed by atoms with Crippen molar-refractivity contribution in [2.75, 3.05) is 12.4 Å². The first-order valence-corrected chi connectivity index (χ1v) is 8.43. The molecule has 2 N–H and O–H groups in total. The van der Waals surface area contributed by atoms with E-state index in [0.717, 1.165) is 16.8 Å². The zero-order valence-corrected chi connectivity index (χ0v) is 15.2. The van der Waals surface area contributed by atoms with Gasteiger partial charge in [-0.2, -0.15) is 5.10 Å². The normalized spacial score (nSPS) is 10.9. The van der Waals surface area contributed by atoms with Crippen LogP contribution in [0.2, 0.25) is 0 Å². The number of nitrogens with zero attached hydrogens (tertiary/aromatic N) is 2. The number of carbonyl (C=O) groups is 1. The van der Waals surface area contributed by atoms with Gasteiger partial charge >= 0.3 is 0 Å². The van der Waals surface area contributed by atoms with Crippen LogP contribution in [0.15, 0.2) is 46.9 Å². The van der Waals surface area contributed by atoms with Gasteiger partial charge in [-0.25, -0.2) is 4.98 Å². The SMILES string of the molecule is COc1ccc2oc(C)c(C(=O)Nc3ccc(-c4n[nH]c(C)n4)cc3)c2c1. The summed E-state index contributed by atoms with van der Waals surface area (Å²) < 4.78 is 11.0. The Balaban J connectivity index is 1.60. The van der Waals surface area contributed by atoms with E-state index in [1.165, 1.54) is 0 Å². The van der Waals surface area contributed by atoms with Gasteiger partial charge in [0.05, 0.1) is 12.7 Å². The molecular weight excluding hydrogens is 344 g/mol. The Morgan fingerprint density at radius 1 is 1.15 bits per heavy atom. The van der Waals surface area contributed by atoms with Crippen molar-refractivity contribution in [1.82, 2.24) is 15.2 Å². The van der Waals surface area contributed by atoms with Crippen molar-refractivity contribution in [3.63, 3.8) is 0 Å². The molecule has 1 amide bonds. The number of methoxy groups -OCH3 is 1. The number of H-pyrrole nitrogens is 1. The van der Waals surface area contributed by atoms with Gasteiger partial charge in [-0.05, 0) is 56.3 Å². The number of carbonyl (C=O) groups excluding carboxylic acids is 1. The minimum Gasteiger partial charge on any atom is -0.497 e. The number of aromatic nitrogens is 3. The van der Waals surface area contributed by atoms with Gasteiger partial charge in [-0.3, -0.25) is 9.89 Å². The second-order valence-electron chi connectivity index (χ2n) is 6.17. The van der Waals surface area contributed by atoms with E-state index >= 15 is 0 Å². The van der Waals surface area contributed by atoms with E-state index in [1.807, 2.05) is 31.2 Å². The molecule has 0 unspecified atom stereocenters. The van der Waals surface area contributed by atoms with Crippen LogP contribution in [-0.2, 0) is 0 Å². The predicted molar refractivity (Wildman–Crippen MR) is 102 cm³/mol. The van der Waals surface area contributed by atoms with Crippen molar-refractivity contribution in [3.05, 3.63) is 59.6 Å². The molecule has 0 atom stereocenters. The van der Waals surface area contributed by atoms with Crippen LogP contribution in [0.3, 0.4) is 0 Å². The number of benzene rings is 2. The van der Waals surface area contributed by atoms with Gasteiger partial charge in [0.15, 0.2) is 5.82 Å². The lowest BCUT2D eigenvalue weighted by Gasteiger charge is -2.06. The molecule has 0 bridgehead atoms. The van der Waals surface area contributed by atoms with E-state index in [9.17, 15) is 4.79 Å². The molecule has 7 heteroatoms. The number of rotatable bonds is 4. The average molecular weight is 362 g/mol. The molecule has 7 nitrogen and oxygen atoms in total. The van der Waals surface area contributed by atoms with Gasteiger partial charge in [0.2, 0.25) is 0 Å². The van der Waals surface area contributed by atoms with Crippen molar-refractivity contribution in [2.24, 2.45) is 0 Å². The first-order chi connectivity index (χ1) is 13.0. The molecule has 0 aliphatic heterocycles. The number of aryl methyl sites for hydroxylation is 2. The van der Waals surface area contributed by atoms with Gasteiger partial charge < -0.3 is 14.5 Å². The number of aromatic amines is 1. The van der Waals surface area contributed by atoms with Gasteiger partial charge in [-0.1, -0.05) is 0 Å². The van der Waals surface area contributed by atoms with E-state index in [4.69, 9.17) is 9.15 Å². The topological polar surface area (TPSA) is 93.0 Å². The van der Waals surface area contributed by atoms with Gasteiger partial charge in [0.25, 0.3) is 5.91 Å². The summed E-state index contributed by atoms with van der Waals surface area (Å²) in [5.74, 6) is 2.36. The fraction of sp³-hybridized carbons (Fsp3) is 0.150. The van der Waals surface area contributed by atoms with Crippen molar-refractivity contribution in [2.45, 2.75) is 13.8 Å². The largest absolute Gasteiger partial charge is 0.497 e. The molecule has 4 rings (SSSR count). The standard InChI is InChI=1S/C20H18N4O3/c1-11-18(16-10-15(26-3)8-9-17(16)27-11)20(25)22-14-6-4-13(5-7-14)19-21-12(2)23-24-19/h4-10H,1-3H3,(H,22,25)(H,21,23,24). The molecular formula is C20H18N4O3. The fourth-order valence-electron chi connectivity index (χ4n) is 2.98. The molecule has 0 saturated carbocycles. The number of fused-ring (bicyclic) bond motifs is 1. The van der Waals surface area contributed by atoms with E-state index in [1.54, 1.807) is 32.2 Å². The van der Waals surface area contributed by atoms with Crippen LogP contribution in [0.5, 0.6) is 5.75 Å². The van der Waals surface area contributed by atoms with E-state index in [-0.39, 0.29) is 5.91 Å². The molecule has 0 saturated heterocycles. The van der Waals surface area contributed by atoms with E-state index < -0.39 is 0 Å². The Morgan fingerprint density at radius 2 is 1.93 bits per heavy atom. The Hall–Kier alpha value is -3.61. The maximum Gasteiger partial charge on any atom is 0.259 e. The summed E-state index contributed by atoms with van der Waals surface area (Å²) in [6.45, 7) is 3.62. The van der Waals surface area contributed by atoms with Crippen molar-refractivity contribution < 1.29 is 13.9 Å². The van der Waals surface area contributed by atoms with E-state index in [2.05, 4.69) is 20.5 Å². The number of amides is 1. The molecule has 0 aliphatic carbocycles. The molecule has 2 aromatic carbocycles. The van der Waals surface area contributed by atoms with Crippen LogP contribution in [0, 0.1) is 13.8 Å². The monoisotopic (exact) mass is 362 g/mol. The second-order valence-corrected chi connectivity index (χ2v) is 6.17. The quantitative estimate of drug-likeness (QED) is 0.570. The number of hydrogen-bond acceptors (Lipinski definition) is 5. The highest BCUT2D eigenvalue weighted by Crippen LogP contribution is 2.30. The molecule has 27 heavy (non-hydrogen) atoms. The summed E-state index contributed by atoms with van der Waals surface area (Å²) >= 11 is 0. The van der Waals surface area contributed by atoms with Gasteiger partial charge in [-0.15, -0.1) is 0 Å². The molecule has 2 heterocycles. The molecule has 0 aliphatic rings. The number of hydrogen-bond donors (Lipinski definition) is 2. The van der Waals surface area contributed by atoms with Crippen LogP contribution in [0.1, 0.15) is 21.9 Å². The van der Waals surface area contributed by atoms with Crippen LogP contribution in [0.25, 0.3) is 22.4 Å². The third-order valence-corrected chi connectivity index (χ3v) is 4.30. The third kappa shape index (κ3) is 3.15. The van der Waals surface area contributed by atoms with Crippen LogP contribution in [0.4, 0.5) is 5.69 Å². The Bertz CT molecular complexity index is 1130. The minimum atomic E-state index is -0.235. The number of anilines is 1. The summed E-state index contributed by atoms with van der Waals surface area (Å²) in [7, 11) is 1.59. The summed E-state index contributed by atoms with van der Waals surface area (Å²) in [5.41, 5.74) is 2.69. The lowest BCUT2D eigenvalue weighted by Crippen LogP contribution is -2.12. The van der Waals surface area contributed by atoms with Crippen molar-refractivity contribution in [1.29, 1.82) is 0 Å². The first kappa shape index (κ1) is 16.8. The smallest absolute Gasteiger partial charge is 0.259 e. The summed E-state index contributed by atoms with van der Waals surface area (Å²) in [5, 5.41) is 10.6. The Kier molecular flexibility index (Phi) is 4.12. The zero-order chi connectivity index (χ0) is 19.0. The Labute approximate surface area is 155 Å². The highest BCUT2D eigenvalue weighted by molar-refractivity contribution is 6.13. The van der Waals surface area contributed by atoms with E-state index in [0.29, 0.717) is 34.2 Å². The summed E-state index contributed by atoms with van der Waals surface area (Å²) in [4.78, 5) is 17.1. The number of ether oxygens (including phenoxy) is 1. The maximum absolute atomic E-state index is 12.8. The molecule has 0 spiro atoms. The highest BCUT2D eigenvalue weighted by atomic mass is 16.5. The minimum absolute atomic E-state index is 0.235.